The Morgan fingerprint density at radius 3 is 2.58 bits per heavy atom. The number of aliphatic hydroxyl groups excluding tert-OH is 1. The van der Waals surface area contributed by atoms with Crippen LogP contribution in [0.2, 0.25) is 0 Å². The second-order valence-corrected chi connectivity index (χ2v) is 5.95. The summed E-state index contributed by atoms with van der Waals surface area (Å²) in [6.45, 7) is 7.30. The maximum absolute atomic E-state index is 10.7. The lowest BCUT2D eigenvalue weighted by molar-refractivity contribution is 0.0572. The second-order valence-electron chi connectivity index (χ2n) is 5.95. The predicted octanol–water partition coefficient (Wildman–Crippen LogP) is 1.97. The van der Waals surface area contributed by atoms with Crippen LogP contribution in [0.25, 0.3) is 0 Å². The number of nitrogens with zero attached hydrogens (tertiary/aromatic N) is 2. The molecule has 106 valence electrons. The smallest absolute Gasteiger partial charge is 0.0957 e. The van der Waals surface area contributed by atoms with Crippen LogP contribution in [0.5, 0.6) is 0 Å². The van der Waals surface area contributed by atoms with Crippen molar-refractivity contribution < 1.29 is 5.11 Å². The maximum Gasteiger partial charge on any atom is 0.0957 e. The van der Waals surface area contributed by atoms with Crippen molar-refractivity contribution in [3.05, 3.63) is 34.9 Å². The maximum atomic E-state index is 10.7. The third kappa shape index (κ3) is 3.35. The first-order valence-corrected chi connectivity index (χ1v) is 7.13. The molecule has 2 atom stereocenters. The third-order valence-corrected chi connectivity index (χ3v) is 4.35. The van der Waals surface area contributed by atoms with Crippen LogP contribution in [0.1, 0.15) is 29.2 Å². The van der Waals surface area contributed by atoms with Gasteiger partial charge in [0.25, 0.3) is 0 Å². The molecule has 1 aliphatic rings. The van der Waals surface area contributed by atoms with Crippen LogP contribution in [0.3, 0.4) is 0 Å². The number of aryl methyl sites for hydroxylation is 2. The minimum atomic E-state index is -0.412. The van der Waals surface area contributed by atoms with E-state index in [0.29, 0.717) is 0 Å². The Kier molecular flexibility index (Phi) is 4.61. The molecule has 1 fully saturated rings. The van der Waals surface area contributed by atoms with Gasteiger partial charge in [0, 0.05) is 6.54 Å². The number of benzene rings is 1. The van der Waals surface area contributed by atoms with Crippen LogP contribution in [-0.2, 0) is 0 Å². The Labute approximate surface area is 116 Å². The topological polar surface area (TPSA) is 26.7 Å². The molecule has 1 aromatic rings. The van der Waals surface area contributed by atoms with Gasteiger partial charge in [0.1, 0.15) is 0 Å². The summed E-state index contributed by atoms with van der Waals surface area (Å²) < 4.78 is 0. The van der Waals surface area contributed by atoms with Crippen LogP contribution in [-0.4, -0.2) is 54.7 Å². The molecule has 1 heterocycles. The van der Waals surface area contributed by atoms with Crippen molar-refractivity contribution in [2.24, 2.45) is 0 Å². The fourth-order valence-electron chi connectivity index (χ4n) is 2.82. The number of likely N-dealkylation sites (N-methyl/N-ethyl adjacent to an activating group) is 2. The van der Waals surface area contributed by atoms with Gasteiger partial charge >= 0.3 is 0 Å². The summed E-state index contributed by atoms with van der Waals surface area (Å²) in [6.07, 6.45) is 0.758. The van der Waals surface area contributed by atoms with Gasteiger partial charge in [-0.3, -0.25) is 4.90 Å². The highest BCUT2D eigenvalue weighted by atomic mass is 16.3. The van der Waals surface area contributed by atoms with Gasteiger partial charge in [-0.25, -0.2) is 0 Å². The van der Waals surface area contributed by atoms with Gasteiger partial charge in [-0.1, -0.05) is 18.2 Å². The van der Waals surface area contributed by atoms with Gasteiger partial charge in [0.15, 0.2) is 0 Å². The predicted molar refractivity (Wildman–Crippen MR) is 79.4 cm³/mol. The van der Waals surface area contributed by atoms with Crippen LogP contribution in [0.15, 0.2) is 18.2 Å². The van der Waals surface area contributed by atoms with Crippen molar-refractivity contribution in [2.45, 2.75) is 32.4 Å². The SMILES string of the molecule is Cc1ccc(C(O)C2CN(C)CCCN2C)cc1C. The summed E-state index contributed by atoms with van der Waals surface area (Å²) in [5, 5.41) is 10.7. The zero-order chi connectivity index (χ0) is 14.0. The van der Waals surface area contributed by atoms with E-state index in [9.17, 15) is 5.11 Å². The molecule has 3 nitrogen and oxygen atoms in total. The summed E-state index contributed by atoms with van der Waals surface area (Å²) >= 11 is 0. The van der Waals surface area contributed by atoms with Crippen LogP contribution < -0.4 is 0 Å². The van der Waals surface area contributed by atoms with Crippen molar-refractivity contribution in [2.75, 3.05) is 33.7 Å². The van der Waals surface area contributed by atoms with Gasteiger partial charge in [-0.15, -0.1) is 0 Å². The number of hydrogen-bond acceptors (Lipinski definition) is 3. The average Bonchev–Trinajstić information content (AvgIpc) is 2.54. The normalized spacial score (nSPS) is 24.2. The molecule has 0 bridgehead atoms. The van der Waals surface area contributed by atoms with E-state index in [1.807, 2.05) is 0 Å². The molecular weight excluding hydrogens is 236 g/mol. The third-order valence-electron chi connectivity index (χ3n) is 4.35. The molecule has 2 rings (SSSR count). The summed E-state index contributed by atoms with van der Waals surface area (Å²) in [7, 11) is 4.26. The van der Waals surface area contributed by atoms with E-state index in [2.05, 4.69) is 55.9 Å². The molecule has 0 aromatic heterocycles. The minimum Gasteiger partial charge on any atom is -0.387 e. The fraction of sp³-hybridized carbons (Fsp3) is 0.625. The molecule has 3 heteroatoms. The summed E-state index contributed by atoms with van der Waals surface area (Å²) in [5.74, 6) is 0. The quantitative estimate of drug-likeness (QED) is 0.883. The minimum absolute atomic E-state index is 0.176. The Hall–Kier alpha value is -0.900. The van der Waals surface area contributed by atoms with E-state index in [-0.39, 0.29) is 6.04 Å². The lowest BCUT2D eigenvalue weighted by Gasteiger charge is -2.32. The van der Waals surface area contributed by atoms with Crippen molar-refractivity contribution in [1.29, 1.82) is 0 Å². The van der Waals surface area contributed by atoms with Gasteiger partial charge in [0.2, 0.25) is 0 Å². The van der Waals surface area contributed by atoms with Gasteiger partial charge in [-0.05, 0) is 64.1 Å². The van der Waals surface area contributed by atoms with E-state index in [0.717, 1.165) is 25.2 Å². The molecule has 0 amide bonds. The molecule has 0 spiro atoms. The summed E-state index contributed by atoms with van der Waals surface area (Å²) in [5.41, 5.74) is 3.57. The highest BCUT2D eigenvalue weighted by Gasteiger charge is 2.28. The van der Waals surface area contributed by atoms with E-state index in [1.54, 1.807) is 0 Å². The average molecular weight is 262 g/mol. The second kappa shape index (κ2) is 6.04. The molecule has 19 heavy (non-hydrogen) atoms. The molecule has 1 aromatic carbocycles. The Bertz CT molecular complexity index is 433. The molecular formula is C16H26N2O. The zero-order valence-corrected chi connectivity index (χ0v) is 12.6. The largest absolute Gasteiger partial charge is 0.387 e. The lowest BCUT2D eigenvalue weighted by Crippen LogP contribution is -2.42. The first-order valence-electron chi connectivity index (χ1n) is 7.13. The lowest BCUT2D eigenvalue weighted by atomic mass is 9.97. The van der Waals surface area contributed by atoms with Crippen LogP contribution >= 0.6 is 0 Å². The van der Waals surface area contributed by atoms with Crippen molar-refractivity contribution in [3.8, 4) is 0 Å². The van der Waals surface area contributed by atoms with Crippen molar-refractivity contribution >= 4 is 0 Å². The summed E-state index contributed by atoms with van der Waals surface area (Å²) in [6, 6.07) is 6.47. The standard InChI is InChI=1S/C16H26N2O/c1-12-6-7-14(10-13(12)2)16(19)15-11-17(3)8-5-9-18(15)4/h6-7,10,15-16,19H,5,8-9,11H2,1-4H3. The van der Waals surface area contributed by atoms with E-state index in [1.165, 1.54) is 17.5 Å². The summed E-state index contributed by atoms with van der Waals surface area (Å²) in [4.78, 5) is 4.61. The molecule has 1 N–H and O–H groups in total. The zero-order valence-electron chi connectivity index (χ0n) is 12.6. The number of aliphatic hydroxyl groups is 1. The Morgan fingerprint density at radius 2 is 1.89 bits per heavy atom. The van der Waals surface area contributed by atoms with E-state index in [4.69, 9.17) is 0 Å². The van der Waals surface area contributed by atoms with Gasteiger partial charge in [0.05, 0.1) is 12.1 Å². The molecule has 1 saturated heterocycles. The molecule has 0 radical (unpaired) electrons. The highest BCUT2D eigenvalue weighted by Crippen LogP contribution is 2.24. The van der Waals surface area contributed by atoms with Crippen molar-refractivity contribution in [3.63, 3.8) is 0 Å². The molecule has 0 saturated carbocycles. The first-order chi connectivity index (χ1) is 8.99. The molecule has 1 aliphatic heterocycles. The van der Waals surface area contributed by atoms with Crippen molar-refractivity contribution in [1.82, 2.24) is 9.80 Å². The molecule has 2 unspecified atom stereocenters. The number of rotatable bonds is 2. The first kappa shape index (κ1) is 14.5. The van der Waals surface area contributed by atoms with Gasteiger partial charge in [-0.2, -0.15) is 0 Å². The monoisotopic (exact) mass is 262 g/mol. The van der Waals surface area contributed by atoms with Crippen LogP contribution in [0.4, 0.5) is 0 Å². The number of hydrogen-bond donors (Lipinski definition) is 1. The molecule has 0 aliphatic carbocycles. The van der Waals surface area contributed by atoms with E-state index >= 15 is 0 Å². The highest BCUT2D eigenvalue weighted by molar-refractivity contribution is 5.31. The van der Waals surface area contributed by atoms with Crippen LogP contribution in [0, 0.1) is 13.8 Å². The Balaban J connectivity index is 2.20. The fourth-order valence-corrected chi connectivity index (χ4v) is 2.82. The van der Waals surface area contributed by atoms with Gasteiger partial charge < -0.3 is 10.0 Å². The van der Waals surface area contributed by atoms with E-state index < -0.39 is 6.10 Å². The Morgan fingerprint density at radius 1 is 1.16 bits per heavy atom.